The molecule has 1 aliphatic heterocycles. The van der Waals surface area contributed by atoms with Crippen LogP contribution >= 0.6 is 11.3 Å². The quantitative estimate of drug-likeness (QED) is 0.578. The Kier molecular flexibility index (Phi) is 5.46. The monoisotopic (exact) mass is 461 g/mol. The van der Waals surface area contributed by atoms with Crippen molar-refractivity contribution in [2.24, 2.45) is 0 Å². The van der Waals surface area contributed by atoms with E-state index in [0.29, 0.717) is 28.4 Å². The molecule has 1 aliphatic rings. The summed E-state index contributed by atoms with van der Waals surface area (Å²) in [6.45, 7) is 1.67. The van der Waals surface area contributed by atoms with Crippen molar-refractivity contribution in [3.05, 3.63) is 41.8 Å². The van der Waals surface area contributed by atoms with Crippen molar-refractivity contribution in [3.63, 3.8) is 0 Å². The molecule has 0 saturated heterocycles. The number of carbonyl (C=O) groups excluding carboxylic acids is 1. The second kappa shape index (κ2) is 8.08. The van der Waals surface area contributed by atoms with Gasteiger partial charge in [0, 0.05) is 17.0 Å². The van der Waals surface area contributed by atoms with Crippen molar-refractivity contribution < 1.29 is 27.4 Å². The number of methoxy groups -OCH3 is 2. The molecule has 0 bridgehead atoms. The van der Waals surface area contributed by atoms with Gasteiger partial charge in [-0.15, -0.1) is 11.3 Å². The zero-order valence-corrected chi connectivity index (χ0v) is 18.5. The van der Waals surface area contributed by atoms with Crippen molar-refractivity contribution >= 4 is 38.1 Å². The first-order chi connectivity index (χ1) is 14.8. The Hall–Kier alpha value is -3.31. The summed E-state index contributed by atoms with van der Waals surface area (Å²) in [6.07, 6.45) is -0.562. The minimum Gasteiger partial charge on any atom is -0.497 e. The maximum Gasteiger partial charge on any atom is 0.267 e. The highest BCUT2D eigenvalue weighted by Crippen LogP contribution is 2.36. The van der Waals surface area contributed by atoms with E-state index < -0.39 is 16.1 Å². The zero-order chi connectivity index (χ0) is 22.2. The number of amides is 1. The molecule has 4 rings (SSSR count). The molecule has 11 heteroatoms. The van der Waals surface area contributed by atoms with Gasteiger partial charge in [0.1, 0.15) is 22.1 Å². The lowest BCUT2D eigenvalue weighted by Crippen LogP contribution is -2.34. The fourth-order valence-corrected chi connectivity index (χ4v) is 5.11. The van der Waals surface area contributed by atoms with Crippen LogP contribution in [0.25, 0.3) is 11.3 Å². The van der Waals surface area contributed by atoms with Crippen molar-refractivity contribution in [2.75, 3.05) is 24.3 Å². The topological polar surface area (TPSA) is 116 Å². The van der Waals surface area contributed by atoms with Crippen molar-refractivity contribution in [1.29, 1.82) is 0 Å². The molecule has 1 amide bonds. The largest absolute Gasteiger partial charge is 0.497 e. The summed E-state index contributed by atoms with van der Waals surface area (Å²) in [5, 5.41) is 4.70. The fraction of sp³-hybridized carbons (Fsp3) is 0.200. The maximum absolute atomic E-state index is 12.9. The average molecular weight is 462 g/mol. The number of nitrogens with zero attached hydrogens (tertiary/aromatic N) is 1. The normalized spacial score (nSPS) is 15.5. The van der Waals surface area contributed by atoms with E-state index in [2.05, 4.69) is 15.0 Å². The van der Waals surface area contributed by atoms with Gasteiger partial charge in [0.15, 0.2) is 11.2 Å². The smallest absolute Gasteiger partial charge is 0.267 e. The molecule has 2 aromatic carbocycles. The third kappa shape index (κ3) is 4.14. The second-order valence-electron chi connectivity index (χ2n) is 6.62. The number of thiazole rings is 1. The number of benzene rings is 2. The van der Waals surface area contributed by atoms with E-state index in [1.165, 1.54) is 32.4 Å². The molecule has 3 aromatic rings. The van der Waals surface area contributed by atoms with Crippen LogP contribution in [0.1, 0.15) is 6.92 Å². The van der Waals surface area contributed by atoms with E-state index in [4.69, 9.17) is 14.2 Å². The lowest BCUT2D eigenvalue weighted by molar-refractivity contribution is -0.122. The Morgan fingerprint density at radius 3 is 2.71 bits per heavy atom. The summed E-state index contributed by atoms with van der Waals surface area (Å²) in [5.74, 6) is 0.969. The SMILES string of the molecule is COc1ccc(S(=O)(=O)Nc2nc(-c3ccc4c(c3)NC(=O)C(C)O4)cs2)c(OC)c1. The Morgan fingerprint density at radius 2 is 1.97 bits per heavy atom. The standard InChI is InChI=1S/C20H19N3O6S2/c1-11-19(24)21-14-8-12(4-6-16(14)29-11)15-10-30-20(22-15)23-31(25,26)18-7-5-13(27-2)9-17(18)28-3/h4-11H,1-3H3,(H,21,24)(H,22,23). The predicted octanol–water partition coefficient (Wildman–Crippen LogP) is 3.35. The Labute approximate surface area is 183 Å². The van der Waals surface area contributed by atoms with E-state index in [0.717, 1.165) is 11.3 Å². The molecule has 1 unspecified atom stereocenters. The highest BCUT2D eigenvalue weighted by molar-refractivity contribution is 7.93. The fourth-order valence-electron chi connectivity index (χ4n) is 2.99. The van der Waals surface area contributed by atoms with Crippen molar-refractivity contribution in [3.8, 4) is 28.5 Å². The van der Waals surface area contributed by atoms with Gasteiger partial charge in [-0.25, -0.2) is 13.4 Å². The van der Waals surface area contributed by atoms with E-state index in [1.54, 1.807) is 30.5 Å². The molecule has 0 saturated carbocycles. The van der Waals surface area contributed by atoms with Crippen LogP contribution in [0, 0.1) is 0 Å². The number of fused-ring (bicyclic) bond motifs is 1. The summed E-state index contributed by atoms with van der Waals surface area (Å²) in [5.41, 5.74) is 1.81. The number of sulfonamides is 1. The molecule has 1 aromatic heterocycles. The van der Waals surface area contributed by atoms with Crippen LogP contribution in [-0.4, -0.2) is 39.6 Å². The minimum atomic E-state index is -3.94. The van der Waals surface area contributed by atoms with Crippen LogP contribution < -0.4 is 24.2 Å². The van der Waals surface area contributed by atoms with E-state index in [1.807, 2.05) is 0 Å². The third-order valence-electron chi connectivity index (χ3n) is 4.59. The van der Waals surface area contributed by atoms with Gasteiger partial charge in [-0.05, 0) is 37.3 Å². The molecule has 2 heterocycles. The summed E-state index contributed by atoms with van der Waals surface area (Å²) in [6, 6.07) is 9.70. The van der Waals surface area contributed by atoms with Gasteiger partial charge >= 0.3 is 0 Å². The Morgan fingerprint density at radius 1 is 1.16 bits per heavy atom. The lowest BCUT2D eigenvalue weighted by Gasteiger charge is -2.23. The number of aromatic nitrogens is 1. The zero-order valence-electron chi connectivity index (χ0n) is 16.8. The van der Waals surface area contributed by atoms with E-state index >= 15 is 0 Å². The van der Waals surface area contributed by atoms with Gasteiger partial charge in [0.25, 0.3) is 15.9 Å². The van der Waals surface area contributed by atoms with Crippen molar-refractivity contribution in [1.82, 2.24) is 4.98 Å². The van der Waals surface area contributed by atoms with Crippen LogP contribution in [0.3, 0.4) is 0 Å². The van der Waals surface area contributed by atoms with Crippen LogP contribution in [0.15, 0.2) is 46.7 Å². The molecule has 31 heavy (non-hydrogen) atoms. The number of carbonyl (C=O) groups is 1. The van der Waals surface area contributed by atoms with E-state index in [9.17, 15) is 13.2 Å². The summed E-state index contributed by atoms with van der Waals surface area (Å²) in [7, 11) is -1.07. The first-order valence-electron chi connectivity index (χ1n) is 9.13. The van der Waals surface area contributed by atoms with Gasteiger partial charge in [0.2, 0.25) is 0 Å². The molecular formula is C20H19N3O6S2. The number of rotatable bonds is 6. The molecule has 9 nitrogen and oxygen atoms in total. The molecule has 0 spiro atoms. The molecule has 0 radical (unpaired) electrons. The second-order valence-corrected chi connectivity index (χ2v) is 9.13. The molecule has 2 N–H and O–H groups in total. The third-order valence-corrected chi connectivity index (χ3v) is 6.86. The molecule has 0 aliphatic carbocycles. The summed E-state index contributed by atoms with van der Waals surface area (Å²) in [4.78, 5) is 16.2. The van der Waals surface area contributed by atoms with Gasteiger partial charge in [-0.2, -0.15) is 0 Å². The molecule has 1 atom stereocenters. The first-order valence-corrected chi connectivity index (χ1v) is 11.5. The lowest BCUT2D eigenvalue weighted by atomic mass is 10.1. The van der Waals surface area contributed by atoms with Crippen LogP contribution in [0.2, 0.25) is 0 Å². The average Bonchev–Trinajstić information content (AvgIpc) is 3.21. The summed E-state index contributed by atoms with van der Waals surface area (Å²) >= 11 is 1.14. The Balaban J connectivity index is 1.59. The van der Waals surface area contributed by atoms with Gasteiger partial charge < -0.3 is 19.5 Å². The molecular weight excluding hydrogens is 442 g/mol. The van der Waals surface area contributed by atoms with Gasteiger partial charge in [-0.1, -0.05) is 0 Å². The van der Waals surface area contributed by atoms with E-state index in [-0.39, 0.29) is 21.7 Å². The number of nitrogens with one attached hydrogen (secondary N) is 2. The maximum atomic E-state index is 12.9. The molecule has 0 fully saturated rings. The number of anilines is 2. The van der Waals surface area contributed by atoms with Gasteiger partial charge in [-0.3, -0.25) is 9.52 Å². The van der Waals surface area contributed by atoms with Crippen molar-refractivity contribution in [2.45, 2.75) is 17.9 Å². The summed E-state index contributed by atoms with van der Waals surface area (Å²) < 4.78 is 44.0. The first kappa shape index (κ1) is 20.9. The number of hydrogen-bond acceptors (Lipinski definition) is 8. The molecule has 162 valence electrons. The Bertz CT molecular complexity index is 1260. The van der Waals surface area contributed by atoms with Crippen LogP contribution in [0.4, 0.5) is 10.8 Å². The number of ether oxygens (including phenoxy) is 3. The highest BCUT2D eigenvalue weighted by Gasteiger charge is 2.25. The van der Waals surface area contributed by atoms with Crippen LogP contribution in [-0.2, 0) is 14.8 Å². The van der Waals surface area contributed by atoms with Gasteiger partial charge in [0.05, 0.1) is 25.6 Å². The minimum absolute atomic E-state index is 0.0321. The van der Waals surface area contributed by atoms with Crippen LogP contribution in [0.5, 0.6) is 17.2 Å². The predicted molar refractivity (Wildman–Crippen MR) is 117 cm³/mol. The number of hydrogen-bond donors (Lipinski definition) is 2. The highest BCUT2D eigenvalue weighted by atomic mass is 32.2.